The maximum Gasteiger partial charge on any atom is 0.219 e. The number of carbonyl (C=O) groups excluding carboxylic acids is 1. The summed E-state index contributed by atoms with van der Waals surface area (Å²) < 4.78 is 0. The van der Waals surface area contributed by atoms with Crippen LogP contribution in [0.5, 0.6) is 0 Å². The summed E-state index contributed by atoms with van der Waals surface area (Å²) in [5.74, 6) is 1.79. The van der Waals surface area contributed by atoms with Crippen LogP contribution in [0.15, 0.2) is 23.6 Å². The van der Waals surface area contributed by atoms with E-state index in [0.29, 0.717) is 13.1 Å². The number of hydrogen-bond acceptors (Lipinski definition) is 5. The molecule has 23 heavy (non-hydrogen) atoms. The summed E-state index contributed by atoms with van der Waals surface area (Å²) in [7, 11) is 0. The Morgan fingerprint density at radius 1 is 1.26 bits per heavy atom. The molecule has 1 aliphatic rings. The van der Waals surface area contributed by atoms with E-state index in [1.165, 1.54) is 0 Å². The maximum atomic E-state index is 11.4. The van der Waals surface area contributed by atoms with Crippen LogP contribution in [0.25, 0.3) is 0 Å². The molecule has 0 aromatic carbocycles. The molecule has 0 aliphatic carbocycles. The highest BCUT2D eigenvalue weighted by Gasteiger charge is 2.20. The van der Waals surface area contributed by atoms with E-state index in [4.69, 9.17) is 0 Å². The van der Waals surface area contributed by atoms with Crippen molar-refractivity contribution in [2.24, 2.45) is 4.99 Å². The lowest BCUT2D eigenvalue weighted by Gasteiger charge is -2.36. The average molecular weight is 319 g/mol. The van der Waals surface area contributed by atoms with Gasteiger partial charge in [0.05, 0.1) is 12.7 Å². The molecule has 2 heterocycles. The molecule has 1 aromatic heterocycles. The monoisotopic (exact) mass is 319 g/mol. The van der Waals surface area contributed by atoms with Gasteiger partial charge in [0.2, 0.25) is 5.91 Å². The third-order valence-electron chi connectivity index (χ3n) is 3.60. The predicted molar refractivity (Wildman–Crippen MR) is 90.3 cm³/mol. The summed E-state index contributed by atoms with van der Waals surface area (Å²) in [4.78, 5) is 28.3. The van der Waals surface area contributed by atoms with E-state index in [0.717, 1.165) is 44.5 Å². The van der Waals surface area contributed by atoms with Gasteiger partial charge >= 0.3 is 0 Å². The van der Waals surface area contributed by atoms with Crippen molar-refractivity contribution in [3.8, 4) is 0 Å². The first-order chi connectivity index (χ1) is 11.2. The Morgan fingerprint density at radius 3 is 2.61 bits per heavy atom. The van der Waals surface area contributed by atoms with E-state index in [-0.39, 0.29) is 5.91 Å². The highest BCUT2D eigenvalue weighted by molar-refractivity contribution is 5.80. The Bertz CT molecular complexity index is 512. The molecule has 1 aliphatic heterocycles. The summed E-state index contributed by atoms with van der Waals surface area (Å²) in [6.45, 7) is 8.95. The first kappa shape index (κ1) is 17.0. The number of hydrogen-bond donors (Lipinski definition) is 2. The van der Waals surface area contributed by atoms with Gasteiger partial charge in [-0.05, 0) is 6.92 Å². The summed E-state index contributed by atoms with van der Waals surface area (Å²) in [6.07, 6.45) is 4.99. The average Bonchev–Trinajstić information content (AvgIpc) is 2.58. The second-order valence-electron chi connectivity index (χ2n) is 5.25. The van der Waals surface area contributed by atoms with Crippen LogP contribution in [-0.2, 0) is 4.79 Å². The predicted octanol–water partition coefficient (Wildman–Crippen LogP) is 0.0181. The number of aromatic nitrogens is 2. The number of carbonyl (C=O) groups is 1. The molecule has 1 amide bonds. The number of piperazine rings is 1. The van der Waals surface area contributed by atoms with E-state index in [9.17, 15) is 4.79 Å². The molecule has 126 valence electrons. The molecule has 0 unspecified atom stereocenters. The molecule has 0 bridgehead atoms. The van der Waals surface area contributed by atoms with Crippen LogP contribution in [0.2, 0.25) is 0 Å². The Labute approximate surface area is 137 Å². The quantitative estimate of drug-likeness (QED) is 0.452. The topological polar surface area (TPSA) is 85.8 Å². The van der Waals surface area contributed by atoms with Crippen molar-refractivity contribution < 1.29 is 4.79 Å². The molecular weight excluding hydrogens is 294 g/mol. The van der Waals surface area contributed by atoms with Crippen LogP contribution in [0.1, 0.15) is 13.8 Å². The van der Waals surface area contributed by atoms with Gasteiger partial charge in [-0.3, -0.25) is 14.8 Å². The van der Waals surface area contributed by atoms with Gasteiger partial charge in [-0.2, -0.15) is 0 Å². The minimum Gasteiger partial charge on any atom is -0.367 e. The highest BCUT2D eigenvalue weighted by Crippen LogP contribution is 2.03. The van der Waals surface area contributed by atoms with E-state index in [1.54, 1.807) is 25.5 Å². The van der Waals surface area contributed by atoms with Crippen LogP contribution in [0.4, 0.5) is 5.82 Å². The zero-order valence-electron chi connectivity index (χ0n) is 13.8. The van der Waals surface area contributed by atoms with Crippen molar-refractivity contribution in [2.45, 2.75) is 13.8 Å². The fraction of sp³-hybridized carbons (Fsp3) is 0.600. The fourth-order valence-corrected chi connectivity index (χ4v) is 2.40. The molecule has 0 atom stereocenters. The summed E-state index contributed by atoms with van der Waals surface area (Å²) in [5, 5.41) is 6.50. The highest BCUT2D eigenvalue weighted by atomic mass is 16.2. The largest absolute Gasteiger partial charge is 0.367 e. The van der Waals surface area contributed by atoms with Gasteiger partial charge in [0.1, 0.15) is 5.82 Å². The van der Waals surface area contributed by atoms with Gasteiger partial charge in [0.15, 0.2) is 5.96 Å². The van der Waals surface area contributed by atoms with E-state index in [1.807, 2.05) is 4.90 Å². The SMILES string of the molecule is CCNC(=NCCNc1cnccn1)N1CCN(C(C)=O)CC1. The number of guanidine groups is 1. The van der Waals surface area contributed by atoms with Crippen molar-refractivity contribution in [1.82, 2.24) is 25.1 Å². The number of amides is 1. The first-order valence-electron chi connectivity index (χ1n) is 7.99. The third kappa shape index (κ3) is 5.39. The minimum absolute atomic E-state index is 0.139. The minimum atomic E-state index is 0.139. The first-order valence-corrected chi connectivity index (χ1v) is 7.99. The molecule has 8 nitrogen and oxygen atoms in total. The number of anilines is 1. The smallest absolute Gasteiger partial charge is 0.219 e. The van der Waals surface area contributed by atoms with E-state index in [2.05, 4.69) is 37.4 Å². The van der Waals surface area contributed by atoms with Crippen molar-refractivity contribution in [3.63, 3.8) is 0 Å². The Morgan fingerprint density at radius 2 is 2.00 bits per heavy atom. The maximum absolute atomic E-state index is 11.4. The standard InChI is InChI=1S/C15H25N7O/c1-3-17-15(22-10-8-21(9-11-22)13(2)23)20-7-6-19-14-12-16-4-5-18-14/h4-5,12H,3,6-11H2,1-2H3,(H,17,20)(H,18,19). The number of aliphatic imine (C=N–C) groups is 1. The van der Waals surface area contributed by atoms with Crippen LogP contribution >= 0.6 is 0 Å². The zero-order valence-corrected chi connectivity index (χ0v) is 13.8. The molecule has 1 fully saturated rings. The van der Waals surface area contributed by atoms with Crippen LogP contribution in [0.3, 0.4) is 0 Å². The van der Waals surface area contributed by atoms with Crippen molar-refractivity contribution in [2.75, 3.05) is 51.1 Å². The second-order valence-corrected chi connectivity index (χ2v) is 5.25. The lowest BCUT2D eigenvalue weighted by Crippen LogP contribution is -2.53. The van der Waals surface area contributed by atoms with Gasteiger partial charge in [-0.15, -0.1) is 0 Å². The van der Waals surface area contributed by atoms with Crippen LogP contribution < -0.4 is 10.6 Å². The Hall–Kier alpha value is -2.38. The number of nitrogens with one attached hydrogen (secondary N) is 2. The van der Waals surface area contributed by atoms with Crippen molar-refractivity contribution in [1.29, 1.82) is 0 Å². The Kier molecular flexibility index (Phi) is 6.58. The lowest BCUT2D eigenvalue weighted by molar-refractivity contribution is -0.130. The van der Waals surface area contributed by atoms with Crippen LogP contribution in [0, 0.1) is 0 Å². The number of nitrogens with zero attached hydrogens (tertiary/aromatic N) is 5. The Balaban J connectivity index is 1.82. The van der Waals surface area contributed by atoms with Gasteiger partial charge in [-0.25, -0.2) is 4.98 Å². The van der Waals surface area contributed by atoms with Gasteiger partial charge in [-0.1, -0.05) is 0 Å². The van der Waals surface area contributed by atoms with E-state index >= 15 is 0 Å². The molecule has 2 N–H and O–H groups in total. The third-order valence-corrected chi connectivity index (χ3v) is 3.60. The summed E-state index contributed by atoms with van der Waals surface area (Å²) in [6, 6.07) is 0. The molecule has 8 heteroatoms. The molecule has 0 spiro atoms. The normalized spacial score (nSPS) is 15.5. The van der Waals surface area contributed by atoms with Gasteiger partial charge in [0, 0.05) is 58.6 Å². The summed E-state index contributed by atoms with van der Waals surface area (Å²) >= 11 is 0. The fourth-order valence-electron chi connectivity index (χ4n) is 2.40. The van der Waals surface area contributed by atoms with Crippen LogP contribution in [-0.4, -0.2) is 77.4 Å². The molecule has 1 saturated heterocycles. The van der Waals surface area contributed by atoms with Gasteiger partial charge < -0.3 is 20.4 Å². The van der Waals surface area contributed by atoms with Crippen molar-refractivity contribution in [3.05, 3.63) is 18.6 Å². The number of rotatable bonds is 5. The lowest BCUT2D eigenvalue weighted by atomic mass is 10.3. The van der Waals surface area contributed by atoms with E-state index < -0.39 is 0 Å². The molecule has 0 saturated carbocycles. The molecule has 2 rings (SSSR count). The van der Waals surface area contributed by atoms with Crippen molar-refractivity contribution >= 4 is 17.7 Å². The summed E-state index contributed by atoms with van der Waals surface area (Å²) in [5.41, 5.74) is 0. The zero-order chi connectivity index (χ0) is 16.5. The molecule has 0 radical (unpaired) electrons. The second kappa shape index (κ2) is 8.92. The molecular formula is C15H25N7O. The molecule has 1 aromatic rings. The van der Waals surface area contributed by atoms with Gasteiger partial charge in [0.25, 0.3) is 0 Å².